The third kappa shape index (κ3) is 2.46. The number of carbonyl (C=O) groups excluding carboxylic acids is 1. The van der Waals surface area contributed by atoms with E-state index in [0.29, 0.717) is 0 Å². The number of anilines is 1. The molecule has 0 aliphatic rings. The van der Waals surface area contributed by atoms with Gasteiger partial charge in [-0.3, -0.25) is 9.78 Å². The standard InChI is InChI=1S/C13H13N3OS/c1-8(12(14)18)13(17)16-11-4-2-3-9-7-15-6-5-10(9)11/h2-8H,1H3,(H2,14,18)(H,16,17). The lowest BCUT2D eigenvalue weighted by molar-refractivity contribution is -0.117. The van der Waals surface area contributed by atoms with Gasteiger partial charge in [0.2, 0.25) is 5.91 Å². The van der Waals surface area contributed by atoms with Crippen LogP contribution in [-0.4, -0.2) is 15.9 Å². The zero-order valence-electron chi connectivity index (χ0n) is 9.88. The maximum atomic E-state index is 11.9. The van der Waals surface area contributed by atoms with Crippen LogP contribution in [0.3, 0.4) is 0 Å². The predicted molar refractivity (Wildman–Crippen MR) is 76.3 cm³/mol. The molecule has 18 heavy (non-hydrogen) atoms. The van der Waals surface area contributed by atoms with Gasteiger partial charge in [-0.15, -0.1) is 0 Å². The number of fused-ring (bicyclic) bond motifs is 1. The SMILES string of the molecule is CC(C(=O)Nc1cccc2cnccc12)C(N)=S. The summed E-state index contributed by atoms with van der Waals surface area (Å²) in [4.78, 5) is 16.1. The molecule has 2 rings (SSSR count). The van der Waals surface area contributed by atoms with E-state index in [9.17, 15) is 4.79 Å². The van der Waals surface area contributed by atoms with E-state index in [1.54, 1.807) is 19.3 Å². The second kappa shape index (κ2) is 5.10. The van der Waals surface area contributed by atoms with Crippen molar-refractivity contribution in [2.75, 3.05) is 5.32 Å². The second-order valence-electron chi connectivity index (χ2n) is 4.02. The fourth-order valence-electron chi connectivity index (χ4n) is 1.60. The molecule has 5 heteroatoms. The summed E-state index contributed by atoms with van der Waals surface area (Å²) in [5, 5.41) is 4.74. The van der Waals surface area contributed by atoms with Crippen LogP contribution < -0.4 is 11.1 Å². The molecule has 2 aromatic rings. The molecule has 3 N–H and O–H groups in total. The van der Waals surface area contributed by atoms with Crippen LogP contribution in [0.4, 0.5) is 5.69 Å². The molecule has 1 unspecified atom stereocenters. The third-order valence-electron chi connectivity index (χ3n) is 2.76. The number of carbonyl (C=O) groups is 1. The van der Waals surface area contributed by atoms with Gasteiger partial charge in [-0.1, -0.05) is 24.4 Å². The van der Waals surface area contributed by atoms with Gasteiger partial charge in [-0.25, -0.2) is 0 Å². The lowest BCUT2D eigenvalue weighted by atomic mass is 10.1. The molecule has 92 valence electrons. The van der Waals surface area contributed by atoms with E-state index in [0.717, 1.165) is 16.5 Å². The van der Waals surface area contributed by atoms with Crippen LogP contribution in [0.5, 0.6) is 0 Å². The average molecular weight is 259 g/mol. The molecule has 1 aromatic carbocycles. The zero-order valence-corrected chi connectivity index (χ0v) is 10.7. The Morgan fingerprint density at radius 2 is 2.22 bits per heavy atom. The van der Waals surface area contributed by atoms with Crippen LogP contribution in [0.15, 0.2) is 36.7 Å². The number of nitrogens with one attached hydrogen (secondary N) is 1. The van der Waals surface area contributed by atoms with Crippen molar-refractivity contribution in [1.29, 1.82) is 0 Å². The minimum atomic E-state index is -0.489. The Kier molecular flexibility index (Phi) is 3.53. The number of rotatable bonds is 3. The topological polar surface area (TPSA) is 68.0 Å². The summed E-state index contributed by atoms with van der Waals surface area (Å²) in [5.74, 6) is -0.691. The maximum Gasteiger partial charge on any atom is 0.234 e. The van der Waals surface area contributed by atoms with Crippen molar-refractivity contribution < 1.29 is 4.79 Å². The summed E-state index contributed by atoms with van der Waals surface area (Å²) in [5.41, 5.74) is 6.20. The normalized spacial score (nSPS) is 12.1. The quantitative estimate of drug-likeness (QED) is 0.828. The molecule has 1 amide bonds. The van der Waals surface area contributed by atoms with Crippen LogP contribution in [0.25, 0.3) is 10.8 Å². The summed E-state index contributed by atoms with van der Waals surface area (Å²) in [6.45, 7) is 1.68. The largest absolute Gasteiger partial charge is 0.393 e. The van der Waals surface area contributed by atoms with Crippen molar-refractivity contribution in [2.24, 2.45) is 11.7 Å². The second-order valence-corrected chi connectivity index (χ2v) is 4.49. The zero-order chi connectivity index (χ0) is 13.1. The first-order valence-corrected chi connectivity index (χ1v) is 5.93. The summed E-state index contributed by atoms with van der Waals surface area (Å²) in [7, 11) is 0. The van der Waals surface area contributed by atoms with Crippen LogP contribution >= 0.6 is 12.2 Å². The van der Waals surface area contributed by atoms with Gasteiger partial charge in [0.25, 0.3) is 0 Å². The highest BCUT2D eigenvalue weighted by Gasteiger charge is 2.16. The number of nitrogens with zero attached hydrogens (tertiary/aromatic N) is 1. The number of thiocarbonyl (C=S) groups is 1. The van der Waals surface area contributed by atoms with Crippen LogP contribution in [0.2, 0.25) is 0 Å². The Labute approximate surface area is 110 Å². The Bertz CT molecular complexity index is 607. The van der Waals surface area contributed by atoms with Gasteiger partial charge >= 0.3 is 0 Å². The first kappa shape index (κ1) is 12.4. The minimum Gasteiger partial charge on any atom is -0.393 e. The van der Waals surface area contributed by atoms with Gasteiger partial charge in [0.15, 0.2) is 0 Å². The van der Waals surface area contributed by atoms with E-state index >= 15 is 0 Å². The smallest absolute Gasteiger partial charge is 0.234 e. The number of aromatic nitrogens is 1. The van der Waals surface area contributed by atoms with Gasteiger partial charge in [0, 0.05) is 28.9 Å². The molecule has 1 aromatic heterocycles. The highest BCUT2D eigenvalue weighted by Crippen LogP contribution is 2.22. The van der Waals surface area contributed by atoms with Gasteiger partial charge in [-0.05, 0) is 19.1 Å². The molecule has 0 saturated heterocycles. The molecule has 0 aliphatic carbocycles. The van der Waals surface area contributed by atoms with Gasteiger partial charge < -0.3 is 11.1 Å². The lowest BCUT2D eigenvalue weighted by Crippen LogP contribution is -2.30. The molecule has 0 fully saturated rings. The maximum absolute atomic E-state index is 11.9. The van der Waals surface area contributed by atoms with Crippen LogP contribution in [0, 0.1) is 5.92 Å². The molecule has 0 aliphatic heterocycles. The van der Waals surface area contributed by atoms with E-state index in [1.807, 2.05) is 24.3 Å². The lowest BCUT2D eigenvalue weighted by Gasteiger charge is -2.12. The summed E-state index contributed by atoms with van der Waals surface area (Å²) < 4.78 is 0. The summed E-state index contributed by atoms with van der Waals surface area (Å²) >= 11 is 4.81. The summed E-state index contributed by atoms with van der Waals surface area (Å²) in [6, 6.07) is 7.50. The fraction of sp³-hybridized carbons (Fsp3) is 0.154. The highest BCUT2D eigenvalue weighted by molar-refractivity contribution is 7.80. The molecule has 1 heterocycles. The van der Waals surface area contributed by atoms with E-state index in [1.165, 1.54) is 0 Å². The Morgan fingerprint density at radius 1 is 1.44 bits per heavy atom. The summed E-state index contributed by atoms with van der Waals surface area (Å²) in [6.07, 6.45) is 3.44. The van der Waals surface area contributed by atoms with Crippen molar-refractivity contribution in [3.8, 4) is 0 Å². The predicted octanol–water partition coefficient (Wildman–Crippen LogP) is 2.10. The van der Waals surface area contributed by atoms with Crippen LogP contribution in [-0.2, 0) is 4.79 Å². The van der Waals surface area contributed by atoms with Crippen molar-refractivity contribution >= 4 is 39.6 Å². The third-order valence-corrected chi connectivity index (χ3v) is 3.11. The van der Waals surface area contributed by atoms with Crippen molar-refractivity contribution in [2.45, 2.75) is 6.92 Å². The fourth-order valence-corrected chi connectivity index (χ4v) is 1.71. The molecular formula is C13H13N3OS. The molecule has 0 bridgehead atoms. The molecule has 4 nitrogen and oxygen atoms in total. The first-order valence-electron chi connectivity index (χ1n) is 5.52. The number of hydrogen-bond acceptors (Lipinski definition) is 3. The molecule has 0 radical (unpaired) electrons. The van der Waals surface area contributed by atoms with Gasteiger partial charge in [-0.2, -0.15) is 0 Å². The minimum absolute atomic E-state index is 0.189. The number of hydrogen-bond donors (Lipinski definition) is 2. The van der Waals surface area contributed by atoms with E-state index in [-0.39, 0.29) is 10.9 Å². The number of benzene rings is 1. The Balaban J connectivity index is 2.32. The number of nitrogens with two attached hydrogens (primary N) is 1. The van der Waals surface area contributed by atoms with Crippen molar-refractivity contribution in [1.82, 2.24) is 4.98 Å². The van der Waals surface area contributed by atoms with Crippen molar-refractivity contribution in [3.05, 3.63) is 36.7 Å². The molecule has 1 atom stereocenters. The monoisotopic (exact) mass is 259 g/mol. The van der Waals surface area contributed by atoms with E-state index < -0.39 is 5.92 Å². The Hall–Kier alpha value is -2.01. The number of amides is 1. The van der Waals surface area contributed by atoms with Gasteiger partial charge in [0.05, 0.1) is 10.9 Å². The molecular weight excluding hydrogens is 246 g/mol. The van der Waals surface area contributed by atoms with E-state index in [2.05, 4.69) is 10.3 Å². The first-order chi connectivity index (χ1) is 8.59. The number of pyridine rings is 1. The molecule has 0 spiro atoms. The van der Waals surface area contributed by atoms with E-state index in [4.69, 9.17) is 18.0 Å². The Morgan fingerprint density at radius 3 is 2.94 bits per heavy atom. The van der Waals surface area contributed by atoms with Crippen LogP contribution in [0.1, 0.15) is 6.92 Å². The average Bonchev–Trinajstić information content (AvgIpc) is 2.38. The highest BCUT2D eigenvalue weighted by atomic mass is 32.1. The van der Waals surface area contributed by atoms with Crippen molar-refractivity contribution in [3.63, 3.8) is 0 Å². The van der Waals surface area contributed by atoms with Gasteiger partial charge in [0.1, 0.15) is 0 Å². The molecule has 0 saturated carbocycles.